The molecular weight excluding hydrogens is 632 g/mol. The van der Waals surface area contributed by atoms with E-state index in [9.17, 15) is 19.5 Å². The quantitative estimate of drug-likeness (QED) is 0.253. The van der Waals surface area contributed by atoms with Crippen LogP contribution < -0.4 is 10.6 Å². The van der Waals surface area contributed by atoms with Crippen LogP contribution in [0.15, 0.2) is 0 Å². The van der Waals surface area contributed by atoms with Crippen molar-refractivity contribution in [1.82, 2.24) is 20.4 Å². The van der Waals surface area contributed by atoms with Gasteiger partial charge in [-0.05, 0) is 86.9 Å². The van der Waals surface area contributed by atoms with Gasteiger partial charge in [-0.15, -0.1) is 0 Å². The highest BCUT2D eigenvalue weighted by Gasteiger charge is 2.56. The summed E-state index contributed by atoms with van der Waals surface area (Å²) in [7, 11) is 7.47. The molecule has 49 heavy (non-hydrogen) atoms. The monoisotopic (exact) mass is 696 g/mol. The number of likely N-dealkylation sites (N-methyl/N-ethyl adjacent to an activating group) is 2. The lowest BCUT2D eigenvalue weighted by Gasteiger charge is -2.47. The number of hydrogen-bond donors (Lipinski definition) is 3. The van der Waals surface area contributed by atoms with Crippen LogP contribution in [0.3, 0.4) is 0 Å². The Morgan fingerprint density at radius 1 is 1.12 bits per heavy atom. The summed E-state index contributed by atoms with van der Waals surface area (Å²) < 4.78 is 31.4. The van der Waals surface area contributed by atoms with Crippen molar-refractivity contribution in [2.24, 2.45) is 17.8 Å². The molecule has 0 bridgehead atoms. The Bertz CT molecular complexity index is 1160. The maximum absolute atomic E-state index is 14.3. The van der Waals surface area contributed by atoms with E-state index in [1.54, 1.807) is 27.9 Å². The van der Waals surface area contributed by atoms with Gasteiger partial charge in [0.25, 0.3) is 0 Å². The van der Waals surface area contributed by atoms with Crippen LogP contribution in [0, 0.1) is 17.8 Å². The number of esters is 1. The molecule has 13 heteroatoms. The first-order valence-electron chi connectivity index (χ1n) is 18.3. The van der Waals surface area contributed by atoms with Crippen molar-refractivity contribution in [3.8, 4) is 0 Å². The molecule has 3 saturated heterocycles. The summed E-state index contributed by atoms with van der Waals surface area (Å²) >= 11 is 0. The minimum Gasteiger partial charge on any atom is -0.458 e. The Hall–Kier alpha value is -1.87. The van der Waals surface area contributed by atoms with Gasteiger partial charge in [-0.1, -0.05) is 27.2 Å². The minimum atomic E-state index is -1.15. The molecule has 282 valence electrons. The van der Waals surface area contributed by atoms with Gasteiger partial charge in [0.1, 0.15) is 18.1 Å². The van der Waals surface area contributed by atoms with E-state index in [2.05, 4.69) is 22.5 Å². The molecule has 3 N–H and O–H groups in total. The van der Waals surface area contributed by atoms with Crippen LogP contribution in [0.4, 0.5) is 4.79 Å². The first-order chi connectivity index (χ1) is 22.9. The van der Waals surface area contributed by atoms with Gasteiger partial charge in [-0.3, -0.25) is 9.59 Å². The maximum Gasteiger partial charge on any atom is 0.408 e. The fraction of sp³-hybridized carbons (Fsp3) is 0.917. The van der Waals surface area contributed by atoms with Crippen LogP contribution in [0.5, 0.6) is 0 Å². The number of ketones is 1. The number of Topliss-reactive ketones (excluding diaryl/α,β-unsaturated/α-hetero) is 1. The SMILES string of the molecule is CC[C@H]1OC(=O)[C@H](C)C(=O)[C@H](C)[C@@H](O[C@@H]2O[C@H](CNC3CCC3)CC(N(C)C)C2O)[C@](C)(OC)C[C@@H](C)CN(C)[C@H](C)[C@H]2NC(=O)O[C@@]21C. The lowest BCUT2D eigenvalue weighted by atomic mass is 9.78. The molecule has 0 spiro atoms. The Balaban J connectivity index is 1.69. The second kappa shape index (κ2) is 16.2. The number of amides is 1. The van der Waals surface area contributed by atoms with Gasteiger partial charge in [0, 0.05) is 44.2 Å². The summed E-state index contributed by atoms with van der Waals surface area (Å²) in [5.41, 5.74) is -2.16. The van der Waals surface area contributed by atoms with E-state index in [1.165, 1.54) is 6.42 Å². The van der Waals surface area contributed by atoms with Crippen molar-refractivity contribution in [2.45, 2.75) is 153 Å². The highest BCUT2D eigenvalue weighted by Crippen LogP contribution is 2.38. The van der Waals surface area contributed by atoms with Crippen LogP contribution in [0.2, 0.25) is 0 Å². The Labute approximate surface area is 293 Å². The number of nitrogens with one attached hydrogen (secondary N) is 2. The normalized spacial score (nSPS) is 43.5. The van der Waals surface area contributed by atoms with Gasteiger partial charge < -0.3 is 49.2 Å². The molecule has 0 radical (unpaired) electrons. The second-order valence-corrected chi connectivity index (χ2v) is 15.9. The molecule has 2 unspecified atom stereocenters. The van der Waals surface area contributed by atoms with Gasteiger partial charge in [0.15, 0.2) is 17.7 Å². The first kappa shape index (κ1) is 39.9. The summed E-state index contributed by atoms with van der Waals surface area (Å²) in [5, 5.41) is 18.2. The van der Waals surface area contributed by atoms with E-state index in [1.807, 2.05) is 46.8 Å². The van der Waals surface area contributed by atoms with Gasteiger partial charge in [0.2, 0.25) is 0 Å². The highest BCUT2D eigenvalue weighted by atomic mass is 16.7. The number of methoxy groups -OCH3 is 1. The van der Waals surface area contributed by atoms with Gasteiger partial charge in [-0.25, -0.2) is 4.79 Å². The Morgan fingerprint density at radius 2 is 1.80 bits per heavy atom. The Kier molecular flexibility index (Phi) is 13.2. The summed E-state index contributed by atoms with van der Waals surface area (Å²) in [4.78, 5) is 44.8. The fourth-order valence-corrected chi connectivity index (χ4v) is 8.44. The van der Waals surface area contributed by atoms with Crippen LogP contribution >= 0.6 is 0 Å². The molecule has 4 aliphatic rings. The minimum absolute atomic E-state index is 0.0450. The van der Waals surface area contributed by atoms with Crippen molar-refractivity contribution < 1.29 is 43.2 Å². The molecule has 4 rings (SSSR count). The van der Waals surface area contributed by atoms with E-state index < -0.39 is 65.7 Å². The molecule has 3 aliphatic heterocycles. The van der Waals surface area contributed by atoms with E-state index in [-0.39, 0.29) is 29.9 Å². The van der Waals surface area contributed by atoms with Crippen LogP contribution in [0.25, 0.3) is 0 Å². The van der Waals surface area contributed by atoms with E-state index >= 15 is 0 Å². The van der Waals surface area contributed by atoms with E-state index in [0.29, 0.717) is 38.4 Å². The van der Waals surface area contributed by atoms with Gasteiger partial charge in [0.05, 0.1) is 23.9 Å². The number of alkyl carbamates (subject to hydrolysis) is 1. The van der Waals surface area contributed by atoms with Crippen LogP contribution in [-0.4, -0.2) is 140 Å². The number of aliphatic hydroxyl groups excluding tert-OH is 1. The number of nitrogens with zero attached hydrogens (tertiary/aromatic N) is 2. The number of aliphatic hydroxyl groups is 1. The van der Waals surface area contributed by atoms with Crippen LogP contribution in [0.1, 0.15) is 87.0 Å². The molecule has 0 aromatic carbocycles. The van der Waals surface area contributed by atoms with Crippen molar-refractivity contribution in [3.05, 3.63) is 0 Å². The highest BCUT2D eigenvalue weighted by molar-refractivity contribution is 6.00. The number of hydrogen-bond acceptors (Lipinski definition) is 12. The predicted octanol–water partition coefficient (Wildman–Crippen LogP) is 2.72. The zero-order valence-corrected chi connectivity index (χ0v) is 31.7. The molecule has 1 amide bonds. The van der Waals surface area contributed by atoms with Crippen LogP contribution in [-0.2, 0) is 33.3 Å². The maximum atomic E-state index is 14.3. The second-order valence-electron chi connectivity index (χ2n) is 15.9. The summed E-state index contributed by atoms with van der Waals surface area (Å²) in [6.07, 6.45) is 0.566. The number of carbonyl (C=O) groups excluding carboxylic acids is 3. The molecular formula is C36H64N4O9. The number of rotatable bonds is 8. The fourth-order valence-electron chi connectivity index (χ4n) is 8.44. The summed E-state index contributed by atoms with van der Waals surface area (Å²) in [5.74, 6) is -3.00. The number of cyclic esters (lactones) is 1. The third-order valence-corrected chi connectivity index (χ3v) is 11.9. The van der Waals surface area contributed by atoms with Crippen molar-refractivity contribution in [2.75, 3.05) is 41.3 Å². The average molecular weight is 697 g/mol. The summed E-state index contributed by atoms with van der Waals surface area (Å²) in [6.45, 7) is 14.3. The van der Waals surface area contributed by atoms with E-state index in [4.69, 9.17) is 23.7 Å². The number of fused-ring (bicyclic) bond motifs is 1. The smallest absolute Gasteiger partial charge is 0.408 e. The van der Waals surface area contributed by atoms with Crippen molar-refractivity contribution >= 4 is 17.8 Å². The van der Waals surface area contributed by atoms with Gasteiger partial charge >= 0.3 is 12.1 Å². The zero-order chi connectivity index (χ0) is 36.4. The lowest BCUT2D eigenvalue weighted by Crippen LogP contribution is -2.60. The molecule has 0 aromatic heterocycles. The zero-order valence-electron chi connectivity index (χ0n) is 31.7. The third kappa shape index (κ3) is 8.61. The molecule has 3 heterocycles. The number of carbonyl (C=O) groups is 3. The van der Waals surface area contributed by atoms with Gasteiger partial charge in [-0.2, -0.15) is 0 Å². The van der Waals surface area contributed by atoms with Crippen molar-refractivity contribution in [1.29, 1.82) is 0 Å². The topological polar surface area (TPSA) is 148 Å². The van der Waals surface area contributed by atoms with Crippen molar-refractivity contribution in [3.63, 3.8) is 0 Å². The average Bonchev–Trinajstić information content (AvgIpc) is 3.34. The molecule has 13 nitrogen and oxygen atoms in total. The predicted molar refractivity (Wildman–Crippen MR) is 184 cm³/mol. The molecule has 1 aliphatic carbocycles. The Morgan fingerprint density at radius 3 is 2.37 bits per heavy atom. The lowest BCUT2D eigenvalue weighted by molar-refractivity contribution is -0.297. The first-order valence-corrected chi connectivity index (χ1v) is 18.3. The summed E-state index contributed by atoms with van der Waals surface area (Å²) in [6, 6.07) is -0.413. The molecule has 0 aromatic rings. The van der Waals surface area contributed by atoms with E-state index in [0.717, 1.165) is 12.8 Å². The molecule has 13 atom stereocenters. The standard InChI is InChI=1S/C36H64N4O9/c1-12-27-36(7)30(38-34(44)49-36)23(5)40(10)19-20(2)17-35(6,45-11)31(21(3)28(41)22(4)32(43)47-27)48-33-29(42)26(39(8)9)16-25(46-33)18-37-24-14-13-15-24/h20-27,29-31,33,37,42H,12-19H2,1-11H3,(H,38,44)/t20-,21+,22-,23-,25+,26?,27-,29?,30-,31-,33+,35-,36-/m1/s1. The molecule has 1 saturated carbocycles. The molecule has 4 fully saturated rings. The number of ether oxygens (including phenoxy) is 5. The largest absolute Gasteiger partial charge is 0.458 e. The third-order valence-electron chi connectivity index (χ3n) is 11.9.